The van der Waals surface area contributed by atoms with Crippen LogP contribution in [0.3, 0.4) is 0 Å². The number of rotatable bonds is 6. The lowest BCUT2D eigenvalue weighted by molar-refractivity contribution is -0.394. The Bertz CT molecular complexity index is 737. The second-order valence-corrected chi connectivity index (χ2v) is 6.99. The molecule has 2 atom stereocenters. The highest BCUT2D eigenvalue weighted by molar-refractivity contribution is 5.91. The van der Waals surface area contributed by atoms with Crippen LogP contribution in [-0.2, 0) is 4.74 Å². The Labute approximate surface area is 150 Å². The second-order valence-electron chi connectivity index (χ2n) is 6.99. The normalized spacial score (nSPS) is 21.1. The van der Waals surface area contributed by atoms with Gasteiger partial charge in [0.25, 0.3) is 11.4 Å². The number of nitro benzene ring substituents is 2. The van der Waals surface area contributed by atoms with Crippen LogP contribution >= 0.6 is 0 Å². The molecule has 0 aromatic heterocycles. The lowest BCUT2D eigenvalue weighted by Gasteiger charge is -2.30. The fourth-order valence-electron chi connectivity index (χ4n) is 3.66. The maximum absolute atomic E-state index is 12.6. The molecule has 8 heteroatoms. The van der Waals surface area contributed by atoms with Gasteiger partial charge in [0.1, 0.15) is 6.10 Å². The lowest BCUT2D eigenvalue weighted by Crippen LogP contribution is -2.30. The third kappa shape index (κ3) is 3.89. The van der Waals surface area contributed by atoms with Crippen LogP contribution in [-0.4, -0.2) is 21.9 Å². The summed E-state index contributed by atoms with van der Waals surface area (Å²) in [5, 5.41) is 22.0. The van der Waals surface area contributed by atoms with Crippen molar-refractivity contribution in [3.05, 3.63) is 56.1 Å². The molecule has 1 aromatic rings. The number of benzene rings is 1. The number of carbonyl (C=O) groups excluding carboxylic acids is 1. The zero-order valence-corrected chi connectivity index (χ0v) is 14.3. The summed E-state index contributed by atoms with van der Waals surface area (Å²) >= 11 is 0. The molecule has 8 nitrogen and oxygen atoms in total. The summed E-state index contributed by atoms with van der Waals surface area (Å²) in [4.78, 5) is 33.1. The van der Waals surface area contributed by atoms with Gasteiger partial charge in [0.2, 0.25) is 0 Å². The predicted molar refractivity (Wildman–Crippen MR) is 92.8 cm³/mol. The van der Waals surface area contributed by atoms with E-state index in [2.05, 4.69) is 6.58 Å². The van der Waals surface area contributed by atoms with Crippen LogP contribution in [0.25, 0.3) is 0 Å². The molecule has 0 N–H and O–H groups in total. The summed E-state index contributed by atoms with van der Waals surface area (Å²) in [5.41, 5.74) is -0.135. The molecule has 2 unspecified atom stereocenters. The van der Waals surface area contributed by atoms with E-state index in [4.69, 9.17) is 4.74 Å². The van der Waals surface area contributed by atoms with E-state index < -0.39 is 27.2 Å². The van der Waals surface area contributed by atoms with E-state index in [0.717, 1.165) is 55.9 Å². The van der Waals surface area contributed by atoms with Crippen molar-refractivity contribution in [2.45, 2.75) is 44.6 Å². The molecule has 0 spiro atoms. The number of carbonyl (C=O) groups is 1. The highest BCUT2D eigenvalue weighted by Crippen LogP contribution is 2.46. The van der Waals surface area contributed by atoms with Gasteiger partial charge in [-0.05, 0) is 25.2 Å². The van der Waals surface area contributed by atoms with Gasteiger partial charge >= 0.3 is 5.97 Å². The largest absolute Gasteiger partial charge is 0.458 e. The molecule has 0 amide bonds. The van der Waals surface area contributed by atoms with E-state index in [1.807, 2.05) is 0 Å². The number of non-ortho nitro benzene ring substituents is 2. The molecule has 2 aliphatic rings. The SMILES string of the molecule is C=C1CC1C(OC(=O)c1cc([N+](=O)[O-])cc([N+](=O)[O-])c1)C1CCCCC1. The Morgan fingerprint density at radius 2 is 1.62 bits per heavy atom. The highest BCUT2D eigenvalue weighted by Gasteiger charge is 2.43. The van der Waals surface area contributed by atoms with E-state index in [0.29, 0.717) is 0 Å². The van der Waals surface area contributed by atoms with E-state index in [9.17, 15) is 25.0 Å². The van der Waals surface area contributed by atoms with Crippen molar-refractivity contribution < 1.29 is 19.4 Å². The quantitative estimate of drug-likeness (QED) is 0.325. The average molecular weight is 360 g/mol. The minimum Gasteiger partial charge on any atom is -0.458 e. The van der Waals surface area contributed by atoms with Crippen molar-refractivity contribution >= 4 is 17.3 Å². The van der Waals surface area contributed by atoms with Gasteiger partial charge in [0.05, 0.1) is 21.5 Å². The van der Waals surface area contributed by atoms with E-state index in [1.165, 1.54) is 6.42 Å². The number of esters is 1. The summed E-state index contributed by atoms with van der Waals surface area (Å²) in [5.74, 6) is -0.395. The summed E-state index contributed by atoms with van der Waals surface area (Å²) in [6.45, 7) is 3.95. The molecule has 0 radical (unpaired) electrons. The van der Waals surface area contributed by atoms with Gasteiger partial charge in [-0.15, -0.1) is 0 Å². The van der Waals surface area contributed by atoms with Gasteiger partial charge in [-0.3, -0.25) is 20.2 Å². The Hall–Kier alpha value is -2.77. The van der Waals surface area contributed by atoms with Crippen molar-refractivity contribution in [3.63, 3.8) is 0 Å². The van der Waals surface area contributed by atoms with E-state index in [1.54, 1.807) is 0 Å². The highest BCUT2D eigenvalue weighted by atomic mass is 16.6. The molecule has 0 saturated heterocycles. The van der Waals surface area contributed by atoms with Gasteiger partial charge in [-0.2, -0.15) is 0 Å². The zero-order chi connectivity index (χ0) is 18.8. The van der Waals surface area contributed by atoms with Crippen LogP contribution in [0.4, 0.5) is 11.4 Å². The first-order valence-electron chi connectivity index (χ1n) is 8.69. The molecule has 3 rings (SSSR count). The molecular weight excluding hydrogens is 340 g/mol. The molecule has 0 bridgehead atoms. The van der Waals surface area contributed by atoms with Crippen molar-refractivity contribution in [2.24, 2.45) is 11.8 Å². The van der Waals surface area contributed by atoms with E-state index in [-0.39, 0.29) is 23.5 Å². The second kappa shape index (κ2) is 7.23. The summed E-state index contributed by atoms with van der Waals surface area (Å²) in [6, 6.07) is 2.88. The maximum atomic E-state index is 12.6. The van der Waals surface area contributed by atoms with Gasteiger partial charge in [0.15, 0.2) is 0 Å². The Morgan fingerprint density at radius 3 is 2.08 bits per heavy atom. The smallest absolute Gasteiger partial charge is 0.338 e. The number of hydrogen-bond acceptors (Lipinski definition) is 6. The molecule has 138 valence electrons. The molecule has 0 aliphatic heterocycles. The van der Waals surface area contributed by atoms with Crippen molar-refractivity contribution in [3.8, 4) is 0 Å². The Morgan fingerprint density at radius 1 is 1.08 bits per heavy atom. The fourth-order valence-corrected chi connectivity index (χ4v) is 3.66. The van der Waals surface area contributed by atoms with Gasteiger partial charge in [-0.25, -0.2) is 4.79 Å². The molecule has 2 saturated carbocycles. The summed E-state index contributed by atoms with van der Waals surface area (Å²) in [7, 11) is 0. The van der Waals surface area contributed by atoms with Crippen molar-refractivity contribution in [1.29, 1.82) is 0 Å². The molecular formula is C18H20N2O6. The van der Waals surface area contributed by atoms with Crippen molar-refractivity contribution in [2.75, 3.05) is 0 Å². The van der Waals surface area contributed by atoms with Crippen LogP contribution in [0.1, 0.15) is 48.9 Å². The van der Waals surface area contributed by atoms with Crippen LogP contribution in [0.5, 0.6) is 0 Å². The first-order chi connectivity index (χ1) is 12.4. The standard InChI is InChI=1S/C18H20N2O6/c1-11-7-16(11)17(12-5-3-2-4-6-12)26-18(21)13-8-14(19(22)23)10-15(9-13)20(24)25/h8-10,12,16-17H,1-7H2. The number of ether oxygens (including phenoxy) is 1. The molecule has 2 aliphatic carbocycles. The minimum atomic E-state index is -0.759. The minimum absolute atomic E-state index is 0.121. The number of hydrogen-bond donors (Lipinski definition) is 0. The van der Waals surface area contributed by atoms with Crippen LogP contribution in [0.15, 0.2) is 30.4 Å². The zero-order valence-electron chi connectivity index (χ0n) is 14.3. The summed E-state index contributed by atoms with van der Waals surface area (Å²) < 4.78 is 5.69. The topological polar surface area (TPSA) is 113 Å². The lowest BCUT2D eigenvalue weighted by atomic mass is 9.83. The van der Waals surface area contributed by atoms with Gasteiger partial charge in [0, 0.05) is 18.1 Å². The molecule has 1 aromatic carbocycles. The predicted octanol–water partition coefficient (Wildman–Crippen LogP) is 4.18. The van der Waals surface area contributed by atoms with Crippen LogP contribution in [0.2, 0.25) is 0 Å². The summed E-state index contributed by atoms with van der Waals surface area (Å²) in [6.07, 6.45) is 5.77. The molecule has 26 heavy (non-hydrogen) atoms. The average Bonchev–Trinajstić information content (AvgIpc) is 3.35. The fraction of sp³-hybridized carbons (Fsp3) is 0.500. The third-order valence-corrected chi connectivity index (χ3v) is 5.16. The number of nitrogens with zero attached hydrogens (tertiary/aromatic N) is 2. The first-order valence-corrected chi connectivity index (χ1v) is 8.69. The first kappa shape index (κ1) is 18.0. The third-order valence-electron chi connectivity index (χ3n) is 5.16. The van der Waals surface area contributed by atoms with Gasteiger partial charge < -0.3 is 4.74 Å². The van der Waals surface area contributed by atoms with Crippen LogP contribution in [0, 0.1) is 32.1 Å². The number of nitro groups is 2. The monoisotopic (exact) mass is 360 g/mol. The van der Waals surface area contributed by atoms with Crippen molar-refractivity contribution in [1.82, 2.24) is 0 Å². The molecule has 2 fully saturated rings. The maximum Gasteiger partial charge on any atom is 0.338 e. The van der Waals surface area contributed by atoms with E-state index >= 15 is 0 Å². The molecule has 0 heterocycles. The Kier molecular flexibility index (Phi) is 5.01. The van der Waals surface area contributed by atoms with Gasteiger partial charge in [-0.1, -0.05) is 31.4 Å². The Balaban J connectivity index is 1.83. The van der Waals surface area contributed by atoms with Crippen LogP contribution < -0.4 is 0 Å².